The Labute approximate surface area is 124 Å². The summed E-state index contributed by atoms with van der Waals surface area (Å²) in [5, 5.41) is 9.19. The van der Waals surface area contributed by atoms with Gasteiger partial charge in [-0.2, -0.15) is 0 Å². The van der Waals surface area contributed by atoms with Crippen LogP contribution in [0.4, 0.5) is 4.39 Å². The van der Waals surface area contributed by atoms with Gasteiger partial charge in [0, 0.05) is 25.5 Å². The van der Waals surface area contributed by atoms with E-state index in [1.165, 1.54) is 12.1 Å². The van der Waals surface area contributed by atoms with E-state index in [1.807, 2.05) is 6.07 Å². The zero-order valence-corrected chi connectivity index (χ0v) is 12.3. The summed E-state index contributed by atoms with van der Waals surface area (Å²) in [6, 6.07) is 6.35. The summed E-state index contributed by atoms with van der Waals surface area (Å²) >= 11 is 0. The fourth-order valence-electron chi connectivity index (χ4n) is 3.01. The normalized spacial score (nSPS) is 23.3. The van der Waals surface area contributed by atoms with Crippen LogP contribution in [-0.4, -0.2) is 35.6 Å². The topological polar surface area (TPSA) is 66.6 Å². The molecule has 0 saturated carbocycles. The van der Waals surface area contributed by atoms with E-state index in [0.717, 1.165) is 12.0 Å². The van der Waals surface area contributed by atoms with E-state index in [4.69, 9.17) is 5.73 Å². The lowest BCUT2D eigenvalue weighted by molar-refractivity contribution is -0.133. The molecule has 1 amide bonds. The zero-order valence-electron chi connectivity index (χ0n) is 12.3. The largest absolute Gasteiger partial charge is 0.396 e. The number of nitrogens with zero attached hydrogens (tertiary/aromatic N) is 1. The van der Waals surface area contributed by atoms with Gasteiger partial charge in [0.05, 0.1) is 6.04 Å². The predicted octanol–water partition coefficient (Wildman–Crippen LogP) is 1.69. The number of carbonyl (C=O) groups excluding carboxylic acids is 1. The molecular weight excluding hydrogens is 271 g/mol. The van der Waals surface area contributed by atoms with E-state index in [0.29, 0.717) is 12.5 Å². The Morgan fingerprint density at radius 2 is 2.33 bits per heavy atom. The van der Waals surface area contributed by atoms with E-state index in [-0.39, 0.29) is 43.3 Å². The highest BCUT2D eigenvalue weighted by Gasteiger charge is 2.35. The molecule has 4 nitrogen and oxygen atoms in total. The third-order valence-electron chi connectivity index (χ3n) is 4.27. The standard InChI is InChI=1S/C16H23FN2O2/c1-11-5-6-19(15(21)7-12(9-18)10-20)16(11)13-3-2-4-14(17)8-13/h2-4,8,11-12,16,20H,5-7,9-10,18H2,1H3/t11-,12+,16+/m1/s1. The average molecular weight is 294 g/mol. The van der Waals surface area contributed by atoms with Gasteiger partial charge in [-0.1, -0.05) is 19.1 Å². The van der Waals surface area contributed by atoms with Gasteiger partial charge in [-0.25, -0.2) is 4.39 Å². The molecule has 3 atom stereocenters. The van der Waals surface area contributed by atoms with Gasteiger partial charge in [-0.3, -0.25) is 4.79 Å². The molecule has 0 unspecified atom stereocenters. The Bertz CT molecular complexity index is 491. The van der Waals surface area contributed by atoms with Crippen LogP contribution in [0.25, 0.3) is 0 Å². The SMILES string of the molecule is C[C@@H]1CCN(C(=O)C[C@@H](CN)CO)[C@@H]1c1cccc(F)c1. The molecule has 1 aliphatic heterocycles. The molecule has 3 N–H and O–H groups in total. The van der Waals surface area contributed by atoms with Crippen molar-refractivity contribution in [3.8, 4) is 0 Å². The Morgan fingerprint density at radius 1 is 1.57 bits per heavy atom. The number of hydrogen-bond acceptors (Lipinski definition) is 3. The lowest BCUT2D eigenvalue weighted by Gasteiger charge is -2.28. The van der Waals surface area contributed by atoms with Crippen LogP contribution in [-0.2, 0) is 4.79 Å². The fraction of sp³-hybridized carbons (Fsp3) is 0.562. The maximum Gasteiger partial charge on any atom is 0.223 e. The number of aliphatic hydroxyl groups is 1. The van der Waals surface area contributed by atoms with Gasteiger partial charge >= 0.3 is 0 Å². The highest BCUT2D eigenvalue weighted by atomic mass is 19.1. The number of rotatable bonds is 5. The van der Waals surface area contributed by atoms with E-state index < -0.39 is 0 Å². The first-order chi connectivity index (χ1) is 10.1. The minimum Gasteiger partial charge on any atom is -0.396 e. The second-order valence-corrected chi connectivity index (χ2v) is 5.84. The van der Waals surface area contributed by atoms with Crippen LogP contribution in [0.1, 0.15) is 31.4 Å². The molecule has 116 valence electrons. The molecule has 1 fully saturated rings. The lowest BCUT2D eigenvalue weighted by atomic mass is 9.95. The molecule has 0 aromatic heterocycles. The molecule has 1 aromatic carbocycles. The van der Waals surface area contributed by atoms with Crippen molar-refractivity contribution in [2.45, 2.75) is 25.8 Å². The van der Waals surface area contributed by atoms with Crippen LogP contribution in [0.2, 0.25) is 0 Å². The number of carbonyl (C=O) groups is 1. The molecule has 1 aromatic rings. The first kappa shape index (κ1) is 15.9. The average Bonchev–Trinajstić information content (AvgIpc) is 2.86. The van der Waals surface area contributed by atoms with Crippen molar-refractivity contribution in [2.75, 3.05) is 19.7 Å². The number of aliphatic hydroxyl groups excluding tert-OH is 1. The number of hydrogen-bond donors (Lipinski definition) is 2. The second kappa shape index (κ2) is 7.00. The quantitative estimate of drug-likeness (QED) is 0.868. The summed E-state index contributed by atoms with van der Waals surface area (Å²) in [6.45, 7) is 2.95. The van der Waals surface area contributed by atoms with Crippen LogP contribution in [0.5, 0.6) is 0 Å². The smallest absolute Gasteiger partial charge is 0.223 e. The van der Waals surface area contributed by atoms with Crippen LogP contribution < -0.4 is 5.73 Å². The number of benzene rings is 1. The summed E-state index contributed by atoms with van der Waals surface area (Å²) < 4.78 is 13.4. The van der Waals surface area contributed by atoms with Crippen molar-refractivity contribution in [2.24, 2.45) is 17.6 Å². The van der Waals surface area contributed by atoms with Gasteiger partial charge in [0.1, 0.15) is 5.82 Å². The van der Waals surface area contributed by atoms with Gasteiger partial charge in [-0.15, -0.1) is 0 Å². The highest BCUT2D eigenvalue weighted by molar-refractivity contribution is 5.77. The van der Waals surface area contributed by atoms with Crippen LogP contribution in [0, 0.1) is 17.7 Å². The summed E-state index contributed by atoms with van der Waals surface area (Å²) in [5.41, 5.74) is 6.38. The van der Waals surface area contributed by atoms with Gasteiger partial charge in [-0.05, 0) is 36.6 Å². The molecule has 1 heterocycles. The Balaban J connectivity index is 2.16. The second-order valence-electron chi connectivity index (χ2n) is 5.84. The van der Waals surface area contributed by atoms with Crippen molar-refractivity contribution < 1.29 is 14.3 Å². The van der Waals surface area contributed by atoms with E-state index in [1.54, 1.807) is 11.0 Å². The molecule has 1 aliphatic rings. The van der Waals surface area contributed by atoms with Crippen molar-refractivity contribution in [3.05, 3.63) is 35.6 Å². The summed E-state index contributed by atoms with van der Waals surface area (Å²) in [4.78, 5) is 14.3. The van der Waals surface area contributed by atoms with Crippen molar-refractivity contribution in [1.29, 1.82) is 0 Å². The Hall–Kier alpha value is -1.46. The molecule has 21 heavy (non-hydrogen) atoms. The molecule has 2 rings (SSSR count). The van der Waals surface area contributed by atoms with Gasteiger partial charge in [0.25, 0.3) is 0 Å². The highest BCUT2D eigenvalue weighted by Crippen LogP contribution is 2.37. The third kappa shape index (κ3) is 3.60. The van der Waals surface area contributed by atoms with Gasteiger partial charge in [0.15, 0.2) is 0 Å². The van der Waals surface area contributed by atoms with Crippen molar-refractivity contribution in [3.63, 3.8) is 0 Å². The van der Waals surface area contributed by atoms with E-state index in [9.17, 15) is 14.3 Å². The first-order valence-electron chi connectivity index (χ1n) is 7.42. The molecule has 1 saturated heterocycles. The Kier molecular flexibility index (Phi) is 5.31. The van der Waals surface area contributed by atoms with Crippen molar-refractivity contribution in [1.82, 2.24) is 4.90 Å². The monoisotopic (exact) mass is 294 g/mol. The minimum absolute atomic E-state index is 0.0156. The first-order valence-corrected chi connectivity index (χ1v) is 7.42. The number of amides is 1. The molecule has 0 spiro atoms. The minimum atomic E-state index is -0.283. The van der Waals surface area contributed by atoms with Gasteiger partial charge < -0.3 is 15.7 Å². The fourth-order valence-corrected chi connectivity index (χ4v) is 3.01. The summed E-state index contributed by atoms with van der Waals surface area (Å²) in [5.74, 6) is -0.213. The number of halogens is 1. The molecule has 5 heteroatoms. The summed E-state index contributed by atoms with van der Waals surface area (Å²) in [6.07, 6.45) is 1.14. The number of nitrogens with two attached hydrogens (primary N) is 1. The Morgan fingerprint density at radius 3 is 2.95 bits per heavy atom. The predicted molar refractivity (Wildman–Crippen MR) is 78.9 cm³/mol. The van der Waals surface area contributed by atoms with E-state index in [2.05, 4.69) is 6.92 Å². The number of likely N-dealkylation sites (tertiary alicyclic amines) is 1. The van der Waals surface area contributed by atoms with Crippen LogP contribution in [0.15, 0.2) is 24.3 Å². The summed E-state index contributed by atoms with van der Waals surface area (Å²) in [7, 11) is 0. The molecule has 0 bridgehead atoms. The maximum absolute atomic E-state index is 13.4. The molecule has 0 aliphatic carbocycles. The van der Waals surface area contributed by atoms with Gasteiger partial charge in [0.2, 0.25) is 5.91 Å². The van der Waals surface area contributed by atoms with Crippen molar-refractivity contribution >= 4 is 5.91 Å². The molecule has 0 radical (unpaired) electrons. The molecular formula is C16H23FN2O2. The zero-order chi connectivity index (χ0) is 15.4. The lowest BCUT2D eigenvalue weighted by Crippen LogP contribution is -2.35. The third-order valence-corrected chi connectivity index (χ3v) is 4.27. The maximum atomic E-state index is 13.4. The van der Waals surface area contributed by atoms with Crippen LogP contribution >= 0.6 is 0 Å². The van der Waals surface area contributed by atoms with Crippen LogP contribution in [0.3, 0.4) is 0 Å². The van der Waals surface area contributed by atoms with E-state index >= 15 is 0 Å².